The fourth-order valence-corrected chi connectivity index (χ4v) is 3.28. The smallest absolute Gasteiger partial charge is 0.276 e. The first-order valence-corrected chi connectivity index (χ1v) is 7.11. The van der Waals surface area contributed by atoms with Crippen LogP contribution in [0.2, 0.25) is 0 Å². The summed E-state index contributed by atoms with van der Waals surface area (Å²) in [5, 5.41) is 11.3. The van der Waals surface area contributed by atoms with Gasteiger partial charge in [0.2, 0.25) is 0 Å². The fourth-order valence-electron chi connectivity index (χ4n) is 2.12. The van der Waals surface area contributed by atoms with E-state index in [1.165, 1.54) is 25.7 Å². The van der Waals surface area contributed by atoms with Gasteiger partial charge >= 0.3 is 0 Å². The standard InChI is InChI=1S/C11H15N5OS/c12-9-5-8(14-15-9)11-13-10(16-17-11)6-18-7-3-1-2-4-7/h5,7H,1-4,6H2,(H3,12,14,15). The van der Waals surface area contributed by atoms with Crippen LogP contribution >= 0.6 is 11.8 Å². The van der Waals surface area contributed by atoms with Crippen LogP contribution in [0.1, 0.15) is 31.5 Å². The quantitative estimate of drug-likeness (QED) is 0.880. The van der Waals surface area contributed by atoms with Crippen molar-refractivity contribution in [3.63, 3.8) is 0 Å². The van der Waals surface area contributed by atoms with E-state index >= 15 is 0 Å². The molecule has 6 nitrogen and oxygen atoms in total. The molecular weight excluding hydrogens is 250 g/mol. The fraction of sp³-hybridized carbons (Fsp3) is 0.545. The number of hydrogen-bond donors (Lipinski definition) is 2. The molecule has 0 saturated heterocycles. The molecule has 0 aliphatic heterocycles. The largest absolute Gasteiger partial charge is 0.382 e. The van der Waals surface area contributed by atoms with Crippen LogP contribution in [0.3, 0.4) is 0 Å². The summed E-state index contributed by atoms with van der Waals surface area (Å²) in [5.41, 5.74) is 6.19. The molecule has 0 aromatic carbocycles. The third-order valence-corrected chi connectivity index (χ3v) is 4.41. The van der Waals surface area contributed by atoms with E-state index in [-0.39, 0.29) is 0 Å². The molecule has 1 aliphatic carbocycles. The second-order valence-corrected chi connectivity index (χ2v) is 5.73. The molecule has 1 saturated carbocycles. The van der Waals surface area contributed by atoms with Crippen molar-refractivity contribution in [2.45, 2.75) is 36.7 Å². The highest BCUT2D eigenvalue weighted by atomic mass is 32.2. The molecule has 0 unspecified atom stereocenters. The Hall–Kier alpha value is -1.50. The number of thioether (sulfide) groups is 1. The summed E-state index contributed by atoms with van der Waals surface area (Å²) in [4.78, 5) is 4.33. The molecule has 7 heteroatoms. The molecule has 2 heterocycles. The molecule has 2 aromatic heterocycles. The zero-order chi connectivity index (χ0) is 12.4. The molecule has 0 atom stereocenters. The predicted octanol–water partition coefficient (Wildman–Crippen LogP) is 2.22. The van der Waals surface area contributed by atoms with Crippen molar-refractivity contribution in [2.75, 3.05) is 5.73 Å². The molecule has 18 heavy (non-hydrogen) atoms. The Morgan fingerprint density at radius 1 is 1.44 bits per heavy atom. The first kappa shape index (κ1) is 11.6. The molecule has 0 radical (unpaired) electrons. The minimum atomic E-state index is 0.421. The number of nitrogens with two attached hydrogens (primary N) is 1. The highest BCUT2D eigenvalue weighted by Gasteiger charge is 2.17. The van der Waals surface area contributed by atoms with Crippen molar-refractivity contribution in [3.8, 4) is 11.6 Å². The summed E-state index contributed by atoms with van der Waals surface area (Å²) in [6.07, 6.45) is 5.32. The summed E-state index contributed by atoms with van der Waals surface area (Å²) in [6.45, 7) is 0. The van der Waals surface area contributed by atoms with Gasteiger partial charge in [0.15, 0.2) is 5.82 Å². The van der Waals surface area contributed by atoms with Crippen LogP contribution in [0.5, 0.6) is 0 Å². The molecule has 0 bridgehead atoms. The number of aromatic nitrogens is 4. The van der Waals surface area contributed by atoms with Crippen molar-refractivity contribution < 1.29 is 4.52 Å². The summed E-state index contributed by atoms with van der Waals surface area (Å²) in [5.74, 6) is 2.40. The Labute approximate surface area is 109 Å². The zero-order valence-electron chi connectivity index (χ0n) is 9.93. The van der Waals surface area contributed by atoms with Crippen molar-refractivity contribution in [1.82, 2.24) is 20.3 Å². The second kappa shape index (κ2) is 5.01. The van der Waals surface area contributed by atoms with E-state index in [4.69, 9.17) is 10.3 Å². The van der Waals surface area contributed by atoms with Crippen LogP contribution in [0, 0.1) is 0 Å². The number of rotatable bonds is 4. The normalized spacial score (nSPS) is 16.4. The molecular formula is C11H15N5OS. The van der Waals surface area contributed by atoms with Gasteiger partial charge in [-0.1, -0.05) is 18.0 Å². The number of nitrogen functional groups attached to an aromatic ring is 1. The number of anilines is 1. The average Bonchev–Trinajstić information content (AvgIpc) is 3.07. The van der Waals surface area contributed by atoms with Crippen LogP contribution in [0.15, 0.2) is 10.6 Å². The number of nitrogens with zero attached hydrogens (tertiary/aromatic N) is 3. The molecule has 0 amide bonds. The Morgan fingerprint density at radius 3 is 3.00 bits per heavy atom. The van der Waals surface area contributed by atoms with Gasteiger partial charge in [0, 0.05) is 11.3 Å². The van der Waals surface area contributed by atoms with Gasteiger partial charge < -0.3 is 10.3 Å². The second-order valence-electron chi connectivity index (χ2n) is 4.44. The van der Waals surface area contributed by atoms with Gasteiger partial charge in [0.25, 0.3) is 5.89 Å². The van der Waals surface area contributed by atoms with Crippen LogP contribution in [0.4, 0.5) is 5.82 Å². The molecule has 96 valence electrons. The van der Waals surface area contributed by atoms with Gasteiger partial charge in [-0.2, -0.15) is 21.8 Å². The van der Waals surface area contributed by atoms with E-state index in [1.54, 1.807) is 6.07 Å². The molecule has 1 fully saturated rings. The van der Waals surface area contributed by atoms with Gasteiger partial charge in [-0.25, -0.2) is 0 Å². The summed E-state index contributed by atoms with van der Waals surface area (Å²) in [6, 6.07) is 1.68. The molecule has 0 spiro atoms. The lowest BCUT2D eigenvalue weighted by Crippen LogP contribution is -1.95. The van der Waals surface area contributed by atoms with Crippen molar-refractivity contribution in [1.29, 1.82) is 0 Å². The van der Waals surface area contributed by atoms with Crippen LogP contribution in [-0.2, 0) is 5.75 Å². The number of hydrogen-bond acceptors (Lipinski definition) is 6. The van der Waals surface area contributed by atoms with Gasteiger partial charge in [0.05, 0.1) is 5.75 Å². The maximum absolute atomic E-state index is 5.53. The van der Waals surface area contributed by atoms with E-state index < -0.39 is 0 Å². The van der Waals surface area contributed by atoms with Gasteiger partial charge in [-0.15, -0.1) is 0 Å². The monoisotopic (exact) mass is 265 g/mol. The maximum atomic E-state index is 5.53. The number of aromatic amines is 1. The van der Waals surface area contributed by atoms with E-state index in [0.29, 0.717) is 17.4 Å². The van der Waals surface area contributed by atoms with Gasteiger partial charge in [-0.05, 0) is 12.8 Å². The lowest BCUT2D eigenvalue weighted by atomic mass is 10.4. The average molecular weight is 265 g/mol. The van der Waals surface area contributed by atoms with Gasteiger partial charge in [-0.3, -0.25) is 5.10 Å². The van der Waals surface area contributed by atoms with E-state index in [0.717, 1.165) is 16.8 Å². The summed E-state index contributed by atoms with van der Waals surface area (Å²) < 4.78 is 5.18. The minimum absolute atomic E-state index is 0.421. The Bertz CT molecular complexity index is 517. The predicted molar refractivity (Wildman–Crippen MR) is 69.8 cm³/mol. The Balaban J connectivity index is 1.62. The van der Waals surface area contributed by atoms with Crippen LogP contribution in [-0.4, -0.2) is 25.6 Å². The van der Waals surface area contributed by atoms with E-state index in [1.807, 2.05) is 11.8 Å². The Morgan fingerprint density at radius 2 is 2.28 bits per heavy atom. The van der Waals surface area contributed by atoms with Crippen molar-refractivity contribution in [2.24, 2.45) is 0 Å². The topological polar surface area (TPSA) is 93.6 Å². The van der Waals surface area contributed by atoms with Crippen LogP contribution < -0.4 is 5.73 Å². The first-order valence-electron chi connectivity index (χ1n) is 6.07. The summed E-state index contributed by atoms with van der Waals surface area (Å²) >= 11 is 1.92. The van der Waals surface area contributed by atoms with Crippen LogP contribution in [0.25, 0.3) is 11.6 Å². The number of nitrogens with one attached hydrogen (secondary N) is 1. The van der Waals surface area contributed by atoms with Crippen molar-refractivity contribution >= 4 is 17.6 Å². The Kier molecular flexibility index (Phi) is 3.22. The highest BCUT2D eigenvalue weighted by Crippen LogP contribution is 2.31. The first-order chi connectivity index (χ1) is 8.81. The number of H-pyrrole nitrogens is 1. The zero-order valence-corrected chi connectivity index (χ0v) is 10.7. The summed E-state index contributed by atoms with van der Waals surface area (Å²) in [7, 11) is 0. The third-order valence-electron chi connectivity index (χ3n) is 3.05. The lowest BCUT2D eigenvalue weighted by Gasteiger charge is -2.04. The maximum Gasteiger partial charge on any atom is 0.276 e. The van der Waals surface area contributed by atoms with Crippen molar-refractivity contribution in [3.05, 3.63) is 11.9 Å². The molecule has 1 aliphatic rings. The molecule has 3 rings (SSSR count). The van der Waals surface area contributed by atoms with E-state index in [9.17, 15) is 0 Å². The SMILES string of the molecule is Nc1cc(-c2nc(CSC3CCCC3)no2)[nH]n1. The van der Waals surface area contributed by atoms with Gasteiger partial charge in [0.1, 0.15) is 11.5 Å². The highest BCUT2D eigenvalue weighted by molar-refractivity contribution is 7.99. The van der Waals surface area contributed by atoms with E-state index in [2.05, 4.69) is 20.3 Å². The molecule has 2 aromatic rings. The minimum Gasteiger partial charge on any atom is -0.382 e. The third kappa shape index (κ3) is 2.50. The molecule has 3 N–H and O–H groups in total. The lowest BCUT2D eigenvalue weighted by molar-refractivity contribution is 0.424.